The molecule has 1 aliphatic heterocycles. The maximum absolute atomic E-state index is 13.4. The highest BCUT2D eigenvalue weighted by atomic mass is 35.5. The fourth-order valence-corrected chi connectivity index (χ4v) is 5.35. The molecule has 2 heterocycles. The fraction of sp³-hybridized carbons (Fsp3) is 0.545. The second-order valence-corrected chi connectivity index (χ2v) is 9.83. The zero-order valence-electron chi connectivity index (χ0n) is 16.6. The predicted molar refractivity (Wildman–Crippen MR) is 111 cm³/mol. The van der Waals surface area contributed by atoms with Crippen LogP contribution in [0.25, 0.3) is 10.9 Å². The number of carbonyl (C=O) groups excluding carboxylic acids is 1. The van der Waals surface area contributed by atoms with E-state index in [0.717, 1.165) is 59.8 Å². The number of amides is 1. The maximum Gasteiger partial charge on any atom is 0.252 e. The number of hydrogen-bond acceptors (Lipinski definition) is 3. The van der Waals surface area contributed by atoms with E-state index in [-0.39, 0.29) is 23.0 Å². The molecule has 4 rings (SSSR count). The zero-order valence-corrected chi connectivity index (χ0v) is 17.3. The molecule has 0 atom stereocenters. The molecule has 0 spiro atoms. The quantitative estimate of drug-likeness (QED) is 0.804. The van der Waals surface area contributed by atoms with E-state index >= 15 is 0 Å². The van der Waals surface area contributed by atoms with Crippen molar-refractivity contribution in [3.8, 4) is 0 Å². The molecule has 2 aliphatic rings. The van der Waals surface area contributed by atoms with Crippen molar-refractivity contribution in [2.45, 2.75) is 76.9 Å². The lowest BCUT2D eigenvalue weighted by molar-refractivity contribution is 0.0874. The van der Waals surface area contributed by atoms with Crippen LogP contribution in [0.15, 0.2) is 18.2 Å². The van der Waals surface area contributed by atoms with E-state index in [9.17, 15) is 4.79 Å². The lowest BCUT2D eigenvalue weighted by atomic mass is 9.79. The van der Waals surface area contributed by atoms with Gasteiger partial charge in [-0.2, -0.15) is 0 Å². The van der Waals surface area contributed by atoms with E-state index in [0.29, 0.717) is 5.02 Å². The Kier molecular flexibility index (Phi) is 4.47. The summed E-state index contributed by atoms with van der Waals surface area (Å²) >= 11 is 6.25. The molecule has 27 heavy (non-hydrogen) atoms. The average molecular weight is 386 g/mol. The Hall–Kier alpha value is -1.65. The summed E-state index contributed by atoms with van der Waals surface area (Å²) in [6.07, 6.45) is 4.74. The van der Waals surface area contributed by atoms with Gasteiger partial charge in [0.15, 0.2) is 0 Å². The first-order valence-electron chi connectivity index (χ1n) is 9.85. The van der Waals surface area contributed by atoms with Gasteiger partial charge >= 0.3 is 0 Å². The van der Waals surface area contributed by atoms with E-state index in [1.807, 2.05) is 18.2 Å². The van der Waals surface area contributed by atoms with Crippen LogP contribution < -0.4 is 10.6 Å². The molecule has 2 aromatic rings. The molecular weight excluding hydrogens is 358 g/mol. The average Bonchev–Trinajstić information content (AvgIpc) is 2.97. The van der Waals surface area contributed by atoms with Crippen molar-refractivity contribution < 1.29 is 4.79 Å². The van der Waals surface area contributed by atoms with Crippen LogP contribution in [0.1, 0.15) is 68.6 Å². The molecule has 5 heteroatoms. The van der Waals surface area contributed by atoms with Crippen LogP contribution in [0.2, 0.25) is 5.02 Å². The summed E-state index contributed by atoms with van der Waals surface area (Å²) in [5.41, 5.74) is 3.80. The highest BCUT2D eigenvalue weighted by Gasteiger charge is 2.38. The Balaban J connectivity index is 1.72. The SMILES string of the molecule is CC1(C)CC(NC(=O)c2c3c(nc4ccc(Cl)cc24)CCC3)CC(C)(C)N1. The van der Waals surface area contributed by atoms with Gasteiger partial charge in [-0.05, 0) is 83.6 Å². The van der Waals surface area contributed by atoms with Gasteiger partial charge in [0, 0.05) is 33.2 Å². The van der Waals surface area contributed by atoms with Crippen molar-refractivity contribution in [2.24, 2.45) is 0 Å². The third-order valence-electron chi connectivity index (χ3n) is 5.73. The Morgan fingerprint density at radius 2 is 1.89 bits per heavy atom. The lowest BCUT2D eigenvalue weighted by Gasteiger charge is -2.46. The van der Waals surface area contributed by atoms with Gasteiger partial charge in [-0.25, -0.2) is 0 Å². The Labute approximate surface area is 166 Å². The number of halogens is 1. The Bertz CT molecular complexity index is 903. The third-order valence-corrected chi connectivity index (χ3v) is 5.96. The zero-order chi connectivity index (χ0) is 19.4. The second-order valence-electron chi connectivity index (χ2n) is 9.40. The van der Waals surface area contributed by atoms with E-state index in [1.54, 1.807) is 0 Å². The molecular formula is C22H28ClN3O. The Morgan fingerprint density at radius 3 is 2.59 bits per heavy atom. The van der Waals surface area contributed by atoms with Crippen LogP contribution in [-0.2, 0) is 12.8 Å². The monoisotopic (exact) mass is 385 g/mol. The highest BCUT2D eigenvalue weighted by Crippen LogP contribution is 2.33. The normalized spacial score (nSPS) is 21.2. The van der Waals surface area contributed by atoms with E-state index < -0.39 is 0 Å². The maximum atomic E-state index is 13.4. The van der Waals surface area contributed by atoms with Crippen LogP contribution in [0.4, 0.5) is 0 Å². The summed E-state index contributed by atoms with van der Waals surface area (Å²) in [7, 11) is 0. The molecule has 0 saturated carbocycles. The number of benzene rings is 1. The van der Waals surface area contributed by atoms with Crippen molar-refractivity contribution >= 4 is 28.4 Å². The first kappa shape index (κ1) is 18.7. The molecule has 144 valence electrons. The topological polar surface area (TPSA) is 54.0 Å². The molecule has 0 bridgehead atoms. The number of carbonyl (C=O) groups is 1. The minimum atomic E-state index is -0.00867. The van der Waals surface area contributed by atoms with Crippen molar-refractivity contribution in [3.05, 3.63) is 40.0 Å². The number of aryl methyl sites for hydroxylation is 1. The second kappa shape index (κ2) is 6.46. The summed E-state index contributed by atoms with van der Waals surface area (Å²) in [6, 6.07) is 5.79. The number of nitrogens with zero attached hydrogens (tertiary/aromatic N) is 1. The van der Waals surface area contributed by atoms with Gasteiger partial charge in [0.25, 0.3) is 5.91 Å². The van der Waals surface area contributed by atoms with E-state index in [4.69, 9.17) is 16.6 Å². The molecule has 0 radical (unpaired) electrons. The lowest BCUT2D eigenvalue weighted by Crippen LogP contribution is -2.62. The smallest absolute Gasteiger partial charge is 0.252 e. The summed E-state index contributed by atoms with van der Waals surface area (Å²) < 4.78 is 0. The Morgan fingerprint density at radius 1 is 1.19 bits per heavy atom. The van der Waals surface area contributed by atoms with Crippen molar-refractivity contribution in [2.75, 3.05) is 0 Å². The predicted octanol–water partition coefficient (Wildman–Crippen LogP) is 4.42. The minimum Gasteiger partial charge on any atom is -0.349 e. The number of hydrogen-bond donors (Lipinski definition) is 2. The number of pyridine rings is 1. The van der Waals surface area contributed by atoms with Gasteiger partial charge in [-0.1, -0.05) is 11.6 Å². The molecule has 1 amide bonds. The number of rotatable bonds is 2. The number of fused-ring (bicyclic) bond motifs is 2. The summed E-state index contributed by atoms with van der Waals surface area (Å²) in [5.74, 6) is 0.0151. The van der Waals surface area contributed by atoms with Crippen LogP contribution in [0.5, 0.6) is 0 Å². The van der Waals surface area contributed by atoms with Crippen molar-refractivity contribution in [1.82, 2.24) is 15.6 Å². The van der Waals surface area contributed by atoms with Gasteiger partial charge in [-0.15, -0.1) is 0 Å². The van der Waals surface area contributed by atoms with E-state index in [1.165, 1.54) is 0 Å². The fourth-order valence-electron chi connectivity index (χ4n) is 5.18. The first-order valence-corrected chi connectivity index (χ1v) is 10.2. The van der Waals surface area contributed by atoms with Crippen LogP contribution in [-0.4, -0.2) is 28.0 Å². The number of piperidine rings is 1. The third kappa shape index (κ3) is 3.70. The van der Waals surface area contributed by atoms with Crippen LogP contribution in [0.3, 0.4) is 0 Å². The van der Waals surface area contributed by atoms with Crippen LogP contribution in [0, 0.1) is 0 Å². The first-order chi connectivity index (χ1) is 12.6. The number of nitrogens with one attached hydrogen (secondary N) is 2. The standard InChI is InChI=1S/C22H28ClN3O/c1-21(2)11-14(12-22(3,4)26-21)24-20(27)19-15-6-5-7-17(15)25-18-9-8-13(23)10-16(18)19/h8-10,14,26H,5-7,11-12H2,1-4H3,(H,24,27). The summed E-state index contributed by atoms with van der Waals surface area (Å²) in [4.78, 5) is 18.2. The minimum absolute atomic E-state index is 0.00867. The molecule has 1 aromatic heterocycles. The molecule has 1 aliphatic carbocycles. The van der Waals surface area contributed by atoms with Crippen molar-refractivity contribution in [1.29, 1.82) is 0 Å². The molecule has 4 nitrogen and oxygen atoms in total. The molecule has 2 N–H and O–H groups in total. The number of aromatic nitrogens is 1. The molecule has 0 unspecified atom stereocenters. The van der Waals surface area contributed by atoms with Crippen LogP contribution >= 0.6 is 11.6 Å². The van der Waals surface area contributed by atoms with Gasteiger partial charge in [0.05, 0.1) is 11.1 Å². The molecule has 1 aromatic carbocycles. The van der Waals surface area contributed by atoms with Gasteiger partial charge in [0.2, 0.25) is 0 Å². The summed E-state index contributed by atoms with van der Waals surface area (Å²) in [6.45, 7) is 8.80. The van der Waals surface area contributed by atoms with Gasteiger partial charge in [0.1, 0.15) is 0 Å². The van der Waals surface area contributed by atoms with E-state index in [2.05, 4.69) is 38.3 Å². The summed E-state index contributed by atoms with van der Waals surface area (Å²) in [5, 5.41) is 8.52. The largest absolute Gasteiger partial charge is 0.349 e. The molecule has 1 saturated heterocycles. The molecule has 1 fully saturated rings. The van der Waals surface area contributed by atoms with Gasteiger partial charge in [-0.3, -0.25) is 9.78 Å². The van der Waals surface area contributed by atoms with Gasteiger partial charge < -0.3 is 10.6 Å². The van der Waals surface area contributed by atoms with Crippen molar-refractivity contribution in [3.63, 3.8) is 0 Å². The highest BCUT2D eigenvalue weighted by molar-refractivity contribution is 6.31.